The molecule has 0 saturated heterocycles. The van der Waals surface area contributed by atoms with Gasteiger partial charge in [0, 0.05) is 10.4 Å². The Bertz CT molecular complexity index is 846. The molecule has 0 amide bonds. The lowest BCUT2D eigenvalue weighted by Gasteiger charge is -2.11. The molecular weight excluding hydrogens is 228 g/mol. The summed E-state index contributed by atoms with van der Waals surface area (Å²) in [5.74, 6) is 0. The molecule has 0 unspecified atom stereocenters. The Morgan fingerprint density at radius 2 is 1.29 bits per heavy atom. The first-order valence-corrected chi connectivity index (χ1v) is 6.04. The predicted molar refractivity (Wildman–Crippen MR) is 75.2 cm³/mol. The van der Waals surface area contributed by atoms with Crippen molar-refractivity contribution in [1.29, 1.82) is 0 Å². The molecular formula is C16H9Cl. The Hall–Kier alpha value is -1.79. The highest BCUT2D eigenvalue weighted by molar-refractivity contribution is 6.39. The van der Waals surface area contributed by atoms with Crippen LogP contribution in [0.1, 0.15) is 0 Å². The first kappa shape index (κ1) is 9.26. The van der Waals surface area contributed by atoms with E-state index in [1.54, 1.807) is 0 Å². The number of rotatable bonds is 0. The van der Waals surface area contributed by atoms with Crippen molar-refractivity contribution >= 4 is 43.9 Å². The molecule has 0 heterocycles. The van der Waals surface area contributed by atoms with Crippen molar-refractivity contribution in [2.45, 2.75) is 0 Å². The van der Waals surface area contributed by atoms with E-state index in [4.69, 9.17) is 11.6 Å². The Labute approximate surface area is 104 Å². The minimum absolute atomic E-state index is 0.835. The number of hydrogen-bond donors (Lipinski definition) is 0. The van der Waals surface area contributed by atoms with Gasteiger partial charge in [-0.3, -0.25) is 0 Å². The highest BCUT2D eigenvalue weighted by Gasteiger charge is 2.09. The van der Waals surface area contributed by atoms with Crippen molar-refractivity contribution < 1.29 is 0 Å². The zero-order chi connectivity index (χ0) is 11.4. The van der Waals surface area contributed by atoms with Crippen LogP contribution < -0.4 is 0 Å². The Morgan fingerprint density at radius 3 is 2.12 bits per heavy atom. The van der Waals surface area contributed by atoms with Gasteiger partial charge in [-0.25, -0.2) is 0 Å². The minimum Gasteiger partial charge on any atom is -0.0836 e. The molecule has 0 aliphatic heterocycles. The maximum atomic E-state index is 6.36. The molecule has 1 heteroatoms. The Kier molecular flexibility index (Phi) is 1.70. The van der Waals surface area contributed by atoms with Crippen LogP contribution in [0.15, 0.2) is 54.6 Å². The lowest BCUT2D eigenvalue weighted by molar-refractivity contribution is 1.78. The zero-order valence-electron chi connectivity index (χ0n) is 9.07. The van der Waals surface area contributed by atoms with E-state index in [0.717, 1.165) is 10.4 Å². The van der Waals surface area contributed by atoms with Gasteiger partial charge in [0.05, 0.1) is 0 Å². The zero-order valence-corrected chi connectivity index (χ0v) is 9.83. The molecule has 0 aliphatic carbocycles. The fourth-order valence-corrected chi connectivity index (χ4v) is 2.99. The highest BCUT2D eigenvalue weighted by Crippen LogP contribution is 2.37. The molecule has 17 heavy (non-hydrogen) atoms. The van der Waals surface area contributed by atoms with Crippen LogP contribution >= 0.6 is 11.6 Å². The number of halogens is 1. The van der Waals surface area contributed by atoms with E-state index in [1.165, 1.54) is 26.9 Å². The molecule has 0 N–H and O–H groups in total. The summed E-state index contributed by atoms with van der Waals surface area (Å²) in [5.41, 5.74) is 0. The Morgan fingerprint density at radius 1 is 0.647 bits per heavy atom. The molecule has 0 fully saturated rings. The van der Waals surface area contributed by atoms with Crippen molar-refractivity contribution in [2.24, 2.45) is 0 Å². The fraction of sp³-hybridized carbons (Fsp3) is 0. The normalized spacial score (nSPS) is 11.8. The van der Waals surface area contributed by atoms with Crippen LogP contribution in [0.5, 0.6) is 0 Å². The third kappa shape index (κ3) is 1.13. The van der Waals surface area contributed by atoms with E-state index in [9.17, 15) is 0 Å². The molecule has 4 aromatic rings. The van der Waals surface area contributed by atoms with Gasteiger partial charge in [-0.05, 0) is 33.0 Å². The monoisotopic (exact) mass is 236 g/mol. The summed E-state index contributed by atoms with van der Waals surface area (Å²) in [7, 11) is 0. The van der Waals surface area contributed by atoms with Crippen molar-refractivity contribution in [3.05, 3.63) is 59.6 Å². The second-order valence-corrected chi connectivity index (χ2v) is 4.81. The number of benzene rings is 4. The maximum Gasteiger partial charge on any atom is 0.0491 e. The summed E-state index contributed by atoms with van der Waals surface area (Å²) in [5, 5.41) is 8.35. The van der Waals surface area contributed by atoms with Crippen LogP contribution in [0.4, 0.5) is 0 Å². The molecule has 0 bridgehead atoms. The largest absolute Gasteiger partial charge is 0.0836 e. The smallest absolute Gasteiger partial charge is 0.0491 e. The topological polar surface area (TPSA) is 0 Å². The predicted octanol–water partition coefficient (Wildman–Crippen LogP) is 5.24. The van der Waals surface area contributed by atoms with Gasteiger partial charge in [-0.2, -0.15) is 0 Å². The first-order chi connectivity index (χ1) is 8.34. The summed E-state index contributed by atoms with van der Waals surface area (Å²) in [6.45, 7) is 0. The van der Waals surface area contributed by atoms with Gasteiger partial charge in [-0.1, -0.05) is 60.1 Å². The van der Waals surface area contributed by atoms with Crippen LogP contribution in [-0.4, -0.2) is 0 Å². The molecule has 0 aliphatic rings. The van der Waals surface area contributed by atoms with Crippen LogP contribution in [0.25, 0.3) is 32.3 Å². The van der Waals surface area contributed by atoms with Gasteiger partial charge < -0.3 is 0 Å². The van der Waals surface area contributed by atoms with Gasteiger partial charge >= 0.3 is 0 Å². The molecule has 0 radical (unpaired) electrons. The lowest BCUT2D eigenvalue weighted by atomic mass is 9.94. The van der Waals surface area contributed by atoms with Crippen LogP contribution in [0, 0.1) is 0 Å². The third-order valence-corrected chi connectivity index (χ3v) is 3.77. The lowest BCUT2D eigenvalue weighted by Crippen LogP contribution is -1.83. The van der Waals surface area contributed by atoms with Gasteiger partial charge in [0.25, 0.3) is 0 Å². The molecule has 0 aromatic heterocycles. The second-order valence-electron chi connectivity index (χ2n) is 4.41. The van der Waals surface area contributed by atoms with E-state index < -0.39 is 0 Å². The molecule has 0 nitrogen and oxygen atoms in total. The second kappa shape index (κ2) is 3.12. The van der Waals surface area contributed by atoms with Gasteiger partial charge in [0.2, 0.25) is 0 Å². The van der Waals surface area contributed by atoms with Crippen LogP contribution in [0.3, 0.4) is 0 Å². The average molecular weight is 237 g/mol. The van der Waals surface area contributed by atoms with Gasteiger partial charge in [-0.15, -0.1) is 0 Å². The molecule has 0 atom stereocenters. The third-order valence-electron chi connectivity index (χ3n) is 3.46. The maximum absolute atomic E-state index is 6.36. The van der Waals surface area contributed by atoms with E-state index in [0.29, 0.717) is 0 Å². The van der Waals surface area contributed by atoms with E-state index in [-0.39, 0.29) is 0 Å². The molecule has 0 spiro atoms. The molecule has 0 saturated carbocycles. The SMILES string of the molecule is Clc1cc2cccc3ccc4cccc1c4c32. The summed E-state index contributed by atoms with van der Waals surface area (Å²) in [6, 6.07) is 19.1. The van der Waals surface area contributed by atoms with Crippen LogP contribution in [-0.2, 0) is 0 Å². The standard InChI is InChI=1S/C16H9Cl/c17-14-9-12-5-1-3-10-7-8-11-4-2-6-13(14)16(11)15(10)12/h1-9H. The van der Waals surface area contributed by atoms with E-state index in [1.807, 2.05) is 0 Å². The summed E-state index contributed by atoms with van der Waals surface area (Å²) >= 11 is 6.36. The summed E-state index contributed by atoms with van der Waals surface area (Å²) in [6.07, 6.45) is 0. The van der Waals surface area contributed by atoms with Crippen molar-refractivity contribution in [3.8, 4) is 0 Å². The van der Waals surface area contributed by atoms with Crippen molar-refractivity contribution in [1.82, 2.24) is 0 Å². The fourth-order valence-electron chi connectivity index (χ4n) is 2.72. The van der Waals surface area contributed by atoms with Crippen LogP contribution in [0.2, 0.25) is 5.02 Å². The molecule has 80 valence electrons. The highest BCUT2D eigenvalue weighted by atomic mass is 35.5. The quantitative estimate of drug-likeness (QED) is 0.367. The van der Waals surface area contributed by atoms with Gasteiger partial charge in [0.1, 0.15) is 0 Å². The van der Waals surface area contributed by atoms with Crippen molar-refractivity contribution in [3.63, 3.8) is 0 Å². The first-order valence-electron chi connectivity index (χ1n) is 5.67. The summed E-state index contributed by atoms with van der Waals surface area (Å²) < 4.78 is 0. The van der Waals surface area contributed by atoms with E-state index >= 15 is 0 Å². The average Bonchev–Trinajstić information content (AvgIpc) is 2.37. The van der Waals surface area contributed by atoms with Crippen molar-refractivity contribution in [2.75, 3.05) is 0 Å². The minimum atomic E-state index is 0.835. The Balaban J connectivity index is 2.50. The molecule has 4 rings (SSSR count). The summed E-state index contributed by atoms with van der Waals surface area (Å²) in [4.78, 5) is 0. The van der Waals surface area contributed by atoms with Gasteiger partial charge in [0.15, 0.2) is 0 Å². The number of hydrogen-bond acceptors (Lipinski definition) is 0. The molecule has 4 aromatic carbocycles. The van der Waals surface area contributed by atoms with E-state index in [2.05, 4.69) is 54.6 Å².